The summed E-state index contributed by atoms with van der Waals surface area (Å²) >= 11 is 0. The summed E-state index contributed by atoms with van der Waals surface area (Å²) in [4.78, 5) is 16.5. The highest BCUT2D eigenvalue weighted by Gasteiger charge is 2.58. The van der Waals surface area contributed by atoms with Crippen LogP contribution in [0.5, 0.6) is 0 Å². The van der Waals surface area contributed by atoms with Crippen molar-refractivity contribution in [2.45, 2.75) is 63.7 Å². The summed E-state index contributed by atoms with van der Waals surface area (Å²) in [6, 6.07) is 3.90. The van der Waals surface area contributed by atoms with Gasteiger partial charge in [-0.3, -0.25) is 9.17 Å². The van der Waals surface area contributed by atoms with Crippen LogP contribution >= 0.6 is 0 Å². The van der Waals surface area contributed by atoms with Gasteiger partial charge in [0.05, 0.1) is 12.9 Å². The fourth-order valence-corrected chi connectivity index (χ4v) is 4.27. The third kappa shape index (κ3) is 4.35. The molecule has 3 aliphatic rings. The van der Waals surface area contributed by atoms with E-state index in [1.54, 1.807) is 6.20 Å². The van der Waals surface area contributed by atoms with Gasteiger partial charge in [0, 0.05) is 23.3 Å². The number of hydrogen-bond acceptors (Lipinski definition) is 6. The van der Waals surface area contributed by atoms with Gasteiger partial charge < -0.3 is 10.1 Å². The van der Waals surface area contributed by atoms with Gasteiger partial charge >= 0.3 is 6.09 Å². The van der Waals surface area contributed by atoms with Gasteiger partial charge in [0.2, 0.25) is 0 Å². The molecule has 144 valence electrons. The molecule has 0 saturated heterocycles. The number of alkyl carbamates (subject to hydrolysis) is 1. The van der Waals surface area contributed by atoms with Gasteiger partial charge in [0.1, 0.15) is 5.60 Å². The molecular weight excluding hydrogens is 356 g/mol. The first-order valence-corrected chi connectivity index (χ1v) is 10.6. The standard InChI is InChI=1S/C18H26N2O5S/c1-17(2,3)25-16(21)20-14-9-18(7-13(14)8-18)15-6-5-12(10-19-15)11-24-26(4,22)23/h5-6,10,13-14H,7-9,11H2,1-4H3,(H,20,21)/t13?,14-,18?/m0/s1. The molecule has 0 unspecified atom stereocenters. The zero-order valence-electron chi connectivity index (χ0n) is 15.6. The lowest BCUT2D eigenvalue weighted by molar-refractivity contribution is 0.0494. The molecule has 3 fully saturated rings. The molecule has 3 aliphatic carbocycles. The molecule has 8 heteroatoms. The van der Waals surface area contributed by atoms with Crippen molar-refractivity contribution in [1.29, 1.82) is 0 Å². The average molecular weight is 382 g/mol. The third-order valence-corrected chi connectivity index (χ3v) is 5.54. The van der Waals surface area contributed by atoms with Crippen molar-refractivity contribution in [1.82, 2.24) is 10.3 Å². The Balaban J connectivity index is 1.59. The van der Waals surface area contributed by atoms with Crippen LogP contribution in [-0.2, 0) is 31.1 Å². The highest BCUT2D eigenvalue weighted by atomic mass is 32.2. The number of ether oxygens (including phenoxy) is 1. The molecule has 0 radical (unpaired) electrons. The minimum absolute atomic E-state index is 0.000561. The maximum Gasteiger partial charge on any atom is 0.407 e. The number of pyridine rings is 1. The number of fused-ring (bicyclic) bond motifs is 1. The van der Waals surface area contributed by atoms with Crippen LogP contribution in [0.15, 0.2) is 18.3 Å². The Bertz CT molecular complexity index is 777. The summed E-state index contributed by atoms with van der Waals surface area (Å²) < 4.78 is 32.3. The molecule has 0 aromatic carbocycles. The number of hydrogen-bond donors (Lipinski definition) is 1. The monoisotopic (exact) mass is 382 g/mol. The second kappa shape index (κ2) is 6.49. The summed E-state index contributed by atoms with van der Waals surface area (Å²) in [6.45, 7) is 5.54. The van der Waals surface area contributed by atoms with Gasteiger partial charge in [0.15, 0.2) is 0 Å². The fourth-order valence-electron chi connectivity index (χ4n) is 3.92. The Kier molecular flexibility index (Phi) is 4.77. The van der Waals surface area contributed by atoms with Gasteiger partial charge in [-0.2, -0.15) is 8.42 Å². The van der Waals surface area contributed by atoms with E-state index in [9.17, 15) is 13.2 Å². The lowest BCUT2D eigenvalue weighted by Gasteiger charge is -2.37. The first-order chi connectivity index (χ1) is 12.0. The summed E-state index contributed by atoms with van der Waals surface area (Å²) in [5.41, 5.74) is 1.20. The van der Waals surface area contributed by atoms with Crippen molar-refractivity contribution in [2.75, 3.05) is 6.26 Å². The zero-order valence-corrected chi connectivity index (χ0v) is 16.4. The van der Waals surface area contributed by atoms with Crippen LogP contribution in [0, 0.1) is 5.92 Å². The predicted octanol–water partition coefficient (Wildman–Crippen LogP) is 2.50. The molecule has 26 heavy (non-hydrogen) atoms. The van der Waals surface area contributed by atoms with Crippen LogP contribution < -0.4 is 5.32 Å². The number of aromatic nitrogens is 1. The van der Waals surface area contributed by atoms with E-state index < -0.39 is 15.7 Å². The molecule has 1 N–H and O–H groups in total. The smallest absolute Gasteiger partial charge is 0.407 e. The first kappa shape index (κ1) is 19.1. The molecule has 3 saturated carbocycles. The normalized spacial score (nSPS) is 27.7. The minimum atomic E-state index is -3.46. The summed E-state index contributed by atoms with van der Waals surface area (Å²) in [5, 5.41) is 2.99. The lowest BCUT2D eigenvalue weighted by Crippen LogP contribution is -2.40. The maximum atomic E-state index is 12.0. The lowest BCUT2D eigenvalue weighted by atomic mass is 9.67. The molecule has 1 aromatic heterocycles. The Hall–Kier alpha value is -1.67. The summed E-state index contributed by atoms with van der Waals surface area (Å²) in [5.74, 6) is 0.456. The fraction of sp³-hybridized carbons (Fsp3) is 0.667. The average Bonchev–Trinajstić information content (AvgIpc) is 2.97. The van der Waals surface area contributed by atoms with Gasteiger partial charge in [-0.25, -0.2) is 4.79 Å². The van der Waals surface area contributed by atoms with E-state index in [-0.39, 0.29) is 24.2 Å². The number of carbonyl (C=O) groups excluding carboxylic acids is 1. The van der Waals surface area contributed by atoms with Crippen molar-refractivity contribution >= 4 is 16.2 Å². The van der Waals surface area contributed by atoms with E-state index in [0.717, 1.165) is 31.2 Å². The molecule has 2 bridgehead atoms. The van der Waals surface area contributed by atoms with Crippen molar-refractivity contribution in [3.05, 3.63) is 29.6 Å². The second-order valence-electron chi connectivity index (χ2n) is 8.42. The SMILES string of the molecule is CC(C)(C)OC(=O)N[C@H]1CC2(c3ccc(COS(C)(=O)=O)cn3)CC1C2. The predicted molar refractivity (Wildman–Crippen MR) is 96.0 cm³/mol. The Morgan fingerprint density at radius 3 is 2.54 bits per heavy atom. The van der Waals surface area contributed by atoms with Crippen LogP contribution in [0.3, 0.4) is 0 Å². The topological polar surface area (TPSA) is 94.6 Å². The molecular formula is C18H26N2O5S. The minimum Gasteiger partial charge on any atom is -0.444 e. The molecule has 1 aromatic rings. The Labute approximate surface area is 154 Å². The van der Waals surface area contributed by atoms with E-state index in [0.29, 0.717) is 11.5 Å². The molecule has 4 rings (SSSR count). The first-order valence-electron chi connectivity index (χ1n) is 8.75. The van der Waals surface area contributed by atoms with E-state index in [4.69, 9.17) is 8.92 Å². The van der Waals surface area contributed by atoms with Gasteiger partial charge in [-0.05, 0) is 57.6 Å². The quantitative estimate of drug-likeness (QED) is 0.786. The van der Waals surface area contributed by atoms with Crippen molar-refractivity contribution < 1.29 is 22.1 Å². The molecule has 1 atom stereocenters. The van der Waals surface area contributed by atoms with Crippen LogP contribution in [-0.4, -0.2) is 37.4 Å². The third-order valence-electron chi connectivity index (χ3n) is 5.00. The second-order valence-corrected chi connectivity index (χ2v) is 10.1. The van der Waals surface area contributed by atoms with Crippen LogP contribution in [0.4, 0.5) is 4.79 Å². The van der Waals surface area contributed by atoms with Crippen molar-refractivity contribution in [2.24, 2.45) is 5.92 Å². The van der Waals surface area contributed by atoms with Crippen molar-refractivity contribution in [3.63, 3.8) is 0 Å². The van der Waals surface area contributed by atoms with Crippen LogP contribution in [0.25, 0.3) is 0 Å². The largest absolute Gasteiger partial charge is 0.444 e. The summed E-state index contributed by atoms with van der Waals surface area (Å²) in [6.07, 6.45) is 5.17. The van der Waals surface area contributed by atoms with Crippen LogP contribution in [0.2, 0.25) is 0 Å². The van der Waals surface area contributed by atoms with Crippen molar-refractivity contribution in [3.8, 4) is 0 Å². The molecule has 0 aliphatic heterocycles. The number of carbonyl (C=O) groups is 1. The van der Waals surface area contributed by atoms with Gasteiger partial charge in [-0.1, -0.05) is 6.07 Å². The zero-order chi connectivity index (χ0) is 19.2. The number of rotatable bonds is 5. The molecule has 0 spiro atoms. The number of nitrogens with zero attached hydrogens (tertiary/aromatic N) is 1. The highest BCUT2D eigenvalue weighted by Crippen LogP contribution is 2.59. The molecule has 7 nitrogen and oxygen atoms in total. The number of nitrogens with one attached hydrogen (secondary N) is 1. The Morgan fingerprint density at radius 2 is 2.00 bits per heavy atom. The van der Waals surface area contributed by atoms with E-state index in [1.807, 2.05) is 32.9 Å². The highest BCUT2D eigenvalue weighted by molar-refractivity contribution is 7.85. The molecule has 1 heterocycles. The van der Waals surface area contributed by atoms with Gasteiger partial charge in [-0.15, -0.1) is 0 Å². The molecule has 1 amide bonds. The van der Waals surface area contributed by atoms with E-state index in [1.165, 1.54) is 0 Å². The Morgan fingerprint density at radius 1 is 1.31 bits per heavy atom. The van der Waals surface area contributed by atoms with E-state index >= 15 is 0 Å². The van der Waals surface area contributed by atoms with Gasteiger partial charge in [0.25, 0.3) is 10.1 Å². The maximum absolute atomic E-state index is 12.0. The van der Waals surface area contributed by atoms with E-state index in [2.05, 4.69) is 10.3 Å². The number of amides is 1. The summed E-state index contributed by atoms with van der Waals surface area (Å²) in [7, 11) is -3.46. The van der Waals surface area contributed by atoms with Crippen LogP contribution in [0.1, 0.15) is 51.3 Å².